The van der Waals surface area contributed by atoms with Crippen LogP contribution in [0, 0.1) is 0 Å². The highest BCUT2D eigenvalue weighted by atomic mass is 79.9. The second-order valence-corrected chi connectivity index (χ2v) is 6.21. The van der Waals surface area contributed by atoms with E-state index in [2.05, 4.69) is 52.4 Å². The first-order valence-electron chi connectivity index (χ1n) is 7.03. The fourth-order valence-corrected chi connectivity index (χ4v) is 2.58. The number of hydrogen-bond donors (Lipinski definition) is 1. The molecule has 2 aromatic carbocycles. The molecule has 0 aliphatic carbocycles. The third-order valence-electron chi connectivity index (χ3n) is 3.14. The first kappa shape index (κ1) is 16.3. The molecule has 0 radical (unpaired) electrons. The zero-order valence-electron chi connectivity index (χ0n) is 12.0. The molecule has 0 aliphatic heterocycles. The van der Waals surface area contributed by atoms with E-state index >= 15 is 0 Å². The van der Waals surface area contributed by atoms with Crippen molar-refractivity contribution >= 4 is 27.5 Å². The molecule has 2 aromatic rings. The quantitative estimate of drug-likeness (QED) is 0.764. The van der Waals surface area contributed by atoms with E-state index in [-0.39, 0.29) is 6.04 Å². The van der Waals surface area contributed by atoms with E-state index in [4.69, 9.17) is 16.3 Å². The van der Waals surface area contributed by atoms with Crippen LogP contribution in [0.25, 0.3) is 0 Å². The topological polar surface area (TPSA) is 21.3 Å². The Bertz CT molecular complexity index is 559. The molecule has 21 heavy (non-hydrogen) atoms. The van der Waals surface area contributed by atoms with Gasteiger partial charge in [0.25, 0.3) is 0 Å². The minimum atomic E-state index is 0.273. The molecule has 112 valence electrons. The summed E-state index contributed by atoms with van der Waals surface area (Å²) in [6.07, 6.45) is 0.932. The standard InChI is InChI=1S/C17H19BrClNO/c1-2-20-16(10-13-6-8-14(18)9-7-13)12-21-17-5-3-4-15(19)11-17/h3-9,11,16,20H,2,10,12H2,1H3. The summed E-state index contributed by atoms with van der Waals surface area (Å²) in [6, 6.07) is 16.2. The molecule has 2 rings (SSSR count). The predicted octanol–water partition coefficient (Wildman–Crippen LogP) is 4.70. The van der Waals surface area contributed by atoms with Crippen molar-refractivity contribution in [3.8, 4) is 5.75 Å². The van der Waals surface area contributed by atoms with E-state index < -0.39 is 0 Å². The minimum absolute atomic E-state index is 0.273. The zero-order valence-corrected chi connectivity index (χ0v) is 14.3. The largest absolute Gasteiger partial charge is 0.492 e. The van der Waals surface area contributed by atoms with Crippen molar-refractivity contribution in [3.05, 3.63) is 63.6 Å². The highest BCUT2D eigenvalue weighted by molar-refractivity contribution is 9.10. The molecular weight excluding hydrogens is 350 g/mol. The molecule has 0 saturated carbocycles. The lowest BCUT2D eigenvalue weighted by Crippen LogP contribution is -2.36. The molecule has 1 atom stereocenters. The summed E-state index contributed by atoms with van der Waals surface area (Å²) in [6.45, 7) is 3.64. The van der Waals surface area contributed by atoms with Crippen LogP contribution in [0.5, 0.6) is 5.75 Å². The smallest absolute Gasteiger partial charge is 0.120 e. The Morgan fingerprint density at radius 2 is 1.95 bits per heavy atom. The van der Waals surface area contributed by atoms with E-state index in [9.17, 15) is 0 Å². The second kappa shape index (κ2) is 8.42. The van der Waals surface area contributed by atoms with Gasteiger partial charge >= 0.3 is 0 Å². The number of benzene rings is 2. The van der Waals surface area contributed by atoms with E-state index in [1.807, 2.05) is 24.3 Å². The van der Waals surface area contributed by atoms with Crippen LogP contribution >= 0.6 is 27.5 Å². The molecule has 1 N–H and O–H groups in total. The Morgan fingerprint density at radius 3 is 2.62 bits per heavy atom. The number of likely N-dealkylation sites (N-methyl/N-ethyl adjacent to an activating group) is 1. The Hall–Kier alpha value is -1.03. The van der Waals surface area contributed by atoms with Crippen LogP contribution in [0.2, 0.25) is 5.02 Å². The molecule has 0 spiro atoms. The number of nitrogens with one attached hydrogen (secondary N) is 1. The number of ether oxygens (including phenoxy) is 1. The van der Waals surface area contributed by atoms with Gasteiger partial charge in [0.15, 0.2) is 0 Å². The Morgan fingerprint density at radius 1 is 1.19 bits per heavy atom. The van der Waals surface area contributed by atoms with E-state index in [1.165, 1.54) is 5.56 Å². The molecule has 4 heteroatoms. The minimum Gasteiger partial charge on any atom is -0.492 e. The van der Waals surface area contributed by atoms with Gasteiger partial charge in [-0.1, -0.05) is 52.7 Å². The van der Waals surface area contributed by atoms with Crippen molar-refractivity contribution in [2.24, 2.45) is 0 Å². The van der Waals surface area contributed by atoms with Gasteiger partial charge in [-0.15, -0.1) is 0 Å². The molecular formula is C17H19BrClNO. The van der Waals surface area contributed by atoms with Crippen LogP contribution in [0.1, 0.15) is 12.5 Å². The lowest BCUT2D eigenvalue weighted by atomic mass is 10.1. The van der Waals surface area contributed by atoms with Crippen LogP contribution in [-0.4, -0.2) is 19.2 Å². The fraction of sp³-hybridized carbons (Fsp3) is 0.294. The van der Waals surface area contributed by atoms with E-state index in [0.29, 0.717) is 11.6 Å². The van der Waals surface area contributed by atoms with Gasteiger partial charge in [0.2, 0.25) is 0 Å². The summed E-state index contributed by atoms with van der Waals surface area (Å²) in [5, 5.41) is 4.16. The van der Waals surface area contributed by atoms with E-state index in [0.717, 1.165) is 23.2 Å². The predicted molar refractivity (Wildman–Crippen MR) is 92.3 cm³/mol. The van der Waals surface area contributed by atoms with Crippen molar-refractivity contribution in [1.82, 2.24) is 5.32 Å². The SMILES string of the molecule is CCNC(COc1cccc(Cl)c1)Cc1ccc(Br)cc1. The third kappa shape index (κ3) is 5.70. The van der Waals surface area contributed by atoms with Crippen LogP contribution in [0.15, 0.2) is 53.0 Å². The van der Waals surface area contributed by atoms with Crippen LogP contribution < -0.4 is 10.1 Å². The maximum absolute atomic E-state index is 5.97. The maximum atomic E-state index is 5.97. The highest BCUT2D eigenvalue weighted by Crippen LogP contribution is 2.18. The molecule has 0 saturated heterocycles. The van der Waals surface area contributed by atoms with Crippen LogP contribution in [-0.2, 0) is 6.42 Å². The molecule has 0 bridgehead atoms. The summed E-state index contributed by atoms with van der Waals surface area (Å²) in [7, 11) is 0. The average molecular weight is 369 g/mol. The second-order valence-electron chi connectivity index (χ2n) is 4.85. The normalized spacial score (nSPS) is 12.1. The van der Waals surface area contributed by atoms with Crippen molar-refractivity contribution < 1.29 is 4.74 Å². The van der Waals surface area contributed by atoms with Gasteiger partial charge in [0, 0.05) is 15.5 Å². The average Bonchev–Trinajstić information content (AvgIpc) is 2.47. The Balaban J connectivity index is 1.93. The molecule has 1 unspecified atom stereocenters. The first-order chi connectivity index (χ1) is 10.2. The third-order valence-corrected chi connectivity index (χ3v) is 3.90. The summed E-state index contributed by atoms with van der Waals surface area (Å²) in [5.41, 5.74) is 1.29. The monoisotopic (exact) mass is 367 g/mol. The van der Waals surface area contributed by atoms with Crippen molar-refractivity contribution in [3.63, 3.8) is 0 Å². The number of hydrogen-bond acceptors (Lipinski definition) is 2. The zero-order chi connectivity index (χ0) is 15.1. The molecule has 0 aromatic heterocycles. The molecule has 0 heterocycles. The van der Waals surface area contributed by atoms with E-state index in [1.54, 1.807) is 0 Å². The molecule has 0 fully saturated rings. The Labute approximate surface area is 139 Å². The molecule has 2 nitrogen and oxygen atoms in total. The summed E-state index contributed by atoms with van der Waals surface area (Å²) < 4.78 is 6.94. The fourth-order valence-electron chi connectivity index (χ4n) is 2.14. The van der Waals surface area contributed by atoms with Crippen molar-refractivity contribution in [2.45, 2.75) is 19.4 Å². The van der Waals surface area contributed by atoms with Gasteiger partial charge in [-0.3, -0.25) is 0 Å². The molecule has 0 aliphatic rings. The number of rotatable bonds is 7. The number of halogens is 2. The lowest BCUT2D eigenvalue weighted by Gasteiger charge is -2.19. The summed E-state index contributed by atoms with van der Waals surface area (Å²) >= 11 is 9.42. The highest BCUT2D eigenvalue weighted by Gasteiger charge is 2.09. The van der Waals surface area contributed by atoms with Crippen molar-refractivity contribution in [1.29, 1.82) is 0 Å². The van der Waals surface area contributed by atoms with Gasteiger partial charge in [-0.05, 0) is 48.9 Å². The maximum Gasteiger partial charge on any atom is 0.120 e. The van der Waals surface area contributed by atoms with Gasteiger partial charge in [0.05, 0.1) is 0 Å². The van der Waals surface area contributed by atoms with Gasteiger partial charge in [0.1, 0.15) is 12.4 Å². The Kier molecular flexibility index (Phi) is 6.55. The summed E-state index contributed by atoms with van der Waals surface area (Å²) in [4.78, 5) is 0. The van der Waals surface area contributed by atoms with Gasteiger partial charge in [-0.2, -0.15) is 0 Å². The van der Waals surface area contributed by atoms with Crippen molar-refractivity contribution in [2.75, 3.05) is 13.2 Å². The van der Waals surface area contributed by atoms with Gasteiger partial charge in [-0.25, -0.2) is 0 Å². The first-order valence-corrected chi connectivity index (χ1v) is 8.20. The molecule has 0 amide bonds. The van der Waals surface area contributed by atoms with Gasteiger partial charge < -0.3 is 10.1 Å². The van der Waals surface area contributed by atoms with Crippen LogP contribution in [0.4, 0.5) is 0 Å². The van der Waals surface area contributed by atoms with Crippen LogP contribution in [0.3, 0.4) is 0 Å². The summed E-state index contributed by atoms with van der Waals surface area (Å²) in [5.74, 6) is 0.807. The lowest BCUT2D eigenvalue weighted by molar-refractivity contribution is 0.265.